The van der Waals surface area contributed by atoms with E-state index in [0.29, 0.717) is 19.3 Å². The molecule has 0 aromatic heterocycles. The van der Waals surface area contributed by atoms with Crippen molar-refractivity contribution < 1.29 is 28.6 Å². The summed E-state index contributed by atoms with van der Waals surface area (Å²) in [4.78, 5) is 38.3. The molecule has 0 amide bonds. The number of hydrogen-bond donors (Lipinski definition) is 0. The molecular formula is C75H112O6. The number of carbonyl (C=O) groups excluding carboxylic acids is 3. The van der Waals surface area contributed by atoms with Gasteiger partial charge in [0.2, 0.25) is 0 Å². The molecule has 448 valence electrons. The summed E-state index contributed by atoms with van der Waals surface area (Å²) in [7, 11) is 0. The number of carbonyl (C=O) groups is 3. The van der Waals surface area contributed by atoms with Crippen LogP contribution in [-0.2, 0) is 28.6 Å². The highest BCUT2D eigenvalue weighted by Crippen LogP contribution is 2.12. The molecule has 6 heteroatoms. The van der Waals surface area contributed by atoms with Crippen molar-refractivity contribution in [1.29, 1.82) is 0 Å². The van der Waals surface area contributed by atoms with Gasteiger partial charge in [-0.15, -0.1) is 0 Å². The largest absolute Gasteiger partial charge is 0.462 e. The molecule has 0 bridgehead atoms. The van der Waals surface area contributed by atoms with Crippen molar-refractivity contribution in [3.05, 3.63) is 207 Å². The van der Waals surface area contributed by atoms with Gasteiger partial charge in [-0.3, -0.25) is 14.4 Å². The van der Waals surface area contributed by atoms with E-state index in [9.17, 15) is 14.4 Å². The van der Waals surface area contributed by atoms with Crippen LogP contribution in [0.25, 0.3) is 0 Å². The van der Waals surface area contributed by atoms with Gasteiger partial charge in [0.05, 0.1) is 0 Å². The molecular weight excluding hydrogens is 997 g/mol. The van der Waals surface area contributed by atoms with Crippen molar-refractivity contribution in [2.24, 2.45) is 0 Å². The third-order valence-electron chi connectivity index (χ3n) is 12.3. The molecule has 0 heterocycles. The van der Waals surface area contributed by atoms with Crippen LogP contribution in [0.4, 0.5) is 0 Å². The van der Waals surface area contributed by atoms with Gasteiger partial charge < -0.3 is 14.2 Å². The minimum absolute atomic E-state index is 0.134. The van der Waals surface area contributed by atoms with E-state index in [0.717, 1.165) is 161 Å². The van der Waals surface area contributed by atoms with Gasteiger partial charge in [0, 0.05) is 19.3 Å². The van der Waals surface area contributed by atoms with Crippen molar-refractivity contribution in [3.63, 3.8) is 0 Å². The zero-order valence-corrected chi connectivity index (χ0v) is 51.2. The Morgan fingerprint density at radius 2 is 0.457 bits per heavy atom. The fourth-order valence-corrected chi connectivity index (χ4v) is 7.66. The van der Waals surface area contributed by atoms with E-state index in [1.165, 1.54) is 12.8 Å². The molecule has 0 fully saturated rings. The van der Waals surface area contributed by atoms with Crippen molar-refractivity contribution in [1.82, 2.24) is 0 Å². The minimum atomic E-state index is -0.845. The summed E-state index contributed by atoms with van der Waals surface area (Å²) in [5.41, 5.74) is 0. The lowest BCUT2D eigenvalue weighted by atomic mass is 10.1. The second-order valence-electron chi connectivity index (χ2n) is 19.8. The fraction of sp³-hybridized carbons (Fsp3) is 0.507. The average molecular weight is 1110 g/mol. The molecule has 0 N–H and O–H groups in total. The van der Waals surface area contributed by atoms with Crippen LogP contribution < -0.4 is 0 Å². The van der Waals surface area contributed by atoms with Crippen LogP contribution in [0, 0.1) is 0 Å². The monoisotopic (exact) mass is 1110 g/mol. The molecule has 0 saturated carbocycles. The summed E-state index contributed by atoms with van der Waals surface area (Å²) in [6, 6.07) is 0. The first-order valence-corrected chi connectivity index (χ1v) is 31.6. The Kier molecular flexibility index (Phi) is 61.6. The first kappa shape index (κ1) is 75.0. The van der Waals surface area contributed by atoms with Crippen LogP contribution in [0.2, 0.25) is 0 Å². The molecule has 1 unspecified atom stereocenters. The Morgan fingerprint density at radius 1 is 0.247 bits per heavy atom. The van der Waals surface area contributed by atoms with E-state index in [4.69, 9.17) is 14.2 Å². The topological polar surface area (TPSA) is 78.9 Å². The van der Waals surface area contributed by atoms with Crippen LogP contribution in [0.15, 0.2) is 207 Å². The Bertz CT molecular complexity index is 2000. The summed E-state index contributed by atoms with van der Waals surface area (Å²) in [6.07, 6.45) is 103. The summed E-state index contributed by atoms with van der Waals surface area (Å²) in [6.45, 7) is 6.18. The van der Waals surface area contributed by atoms with Gasteiger partial charge in [0.15, 0.2) is 6.10 Å². The number of unbranched alkanes of at least 4 members (excludes halogenated alkanes) is 9. The Hall–Kier alpha value is -6.01. The molecule has 0 aromatic carbocycles. The zero-order valence-electron chi connectivity index (χ0n) is 51.2. The van der Waals surface area contributed by atoms with Gasteiger partial charge >= 0.3 is 17.9 Å². The lowest BCUT2D eigenvalue weighted by molar-refractivity contribution is -0.167. The van der Waals surface area contributed by atoms with Crippen molar-refractivity contribution in [2.45, 2.75) is 232 Å². The molecule has 0 rings (SSSR count). The van der Waals surface area contributed by atoms with E-state index in [1.54, 1.807) is 0 Å². The van der Waals surface area contributed by atoms with Gasteiger partial charge in [0.25, 0.3) is 0 Å². The third-order valence-corrected chi connectivity index (χ3v) is 12.3. The SMILES string of the molecule is CC/C=C\C/C=C\C/C=C\C/C=C\C/C=C\C/C=C\C/C=C\C/C=C\CCCCCCCCC(=O)OCC(COC(=O)CCCC/C=C\C/C=C\C/C=C\C/C=C\CC)OC(=O)CCC/C=C\C/C=C\C/C=C\C/C=C\C/C=C\CC. The molecule has 0 radical (unpaired) electrons. The highest BCUT2D eigenvalue weighted by atomic mass is 16.6. The van der Waals surface area contributed by atoms with E-state index in [-0.39, 0.29) is 38.0 Å². The summed E-state index contributed by atoms with van der Waals surface area (Å²) >= 11 is 0. The predicted octanol–water partition coefficient (Wildman–Crippen LogP) is 22.0. The molecule has 0 saturated heterocycles. The van der Waals surface area contributed by atoms with Crippen molar-refractivity contribution in [3.8, 4) is 0 Å². The number of ether oxygens (including phenoxy) is 3. The maximum atomic E-state index is 12.9. The van der Waals surface area contributed by atoms with Gasteiger partial charge in [-0.25, -0.2) is 0 Å². The zero-order chi connectivity index (χ0) is 58.5. The van der Waals surface area contributed by atoms with Gasteiger partial charge in [-0.2, -0.15) is 0 Å². The van der Waals surface area contributed by atoms with Crippen molar-refractivity contribution >= 4 is 17.9 Å². The van der Waals surface area contributed by atoms with Gasteiger partial charge in [-0.1, -0.05) is 253 Å². The van der Waals surface area contributed by atoms with E-state index in [1.807, 2.05) is 0 Å². The van der Waals surface area contributed by atoms with Crippen molar-refractivity contribution in [2.75, 3.05) is 13.2 Å². The lowest BCUT2D eigenvalue weighted by Crippen LogP contribution is -2.30. The number of hydrogen-bond acceptors (Lipinski definition) is 6. The van der Waals surface area contributed by atoms with Gasteiger partial charge in [0.1, 0.15) is 13.2 Å². The molecule has 0 spiro atoms. The highest BCUT2D eigenvalue weighted by molar-refractivity contribution is 5.71. The molecule has 0 aliphatic heterocycles. The predicted molar refractivity (Wildman–Crippen MR) is 352 cm³/mol. The Morgan fingerprint density at radius 3 is 0.753 bits per heavy atom. The Labute approximate surface area is 496 Å². The molecule has 1 atom stereocenters. The fourth-order valence-electron chi connectivity index (χ4n) is 7.66. The van der Waals surface area contributed by atoms with Crippen LogP contribution in [-0.4, -0.2) is 37.2 Å². The van der Waals surface area contributed by atoms with E-state index in [2.05, 4.69) is 227 Å². The maximum Gasteiger partial charge on any atom is 0.306 e. The van der Waals surface area contributed by atoms with Crippen LogP contribution >= 0.6 is 0 Å². The normalized spacial score (nSPS) is 13.6. The summed E-state index contributed by atoms with van der Waals surface area (Å²) in [5, 5.41) is 0. The average Bonchev–Trinajstić information content (AvgIpc) is 3.47. The molecule has 0 aromatic rings. The first-order valence-electron chi connectivity index (χ1n) is 31.6. The second kappa shape index (κ2) is 66.5. The van der Waals surface area contributed by atoms with Crippen LogP contribution in [0.1, 0.15) is 226 Å². The minimum Gasteiger partial charge on any atom is -0.462 e. The second-order valence-corrected chi connectivity index (χ2v) is 19.8. The molecule has 0 aliphatic carbocycles. The van der Waals surface area contributed by atoms with Gasteiger partial charge in [-0.05, 0) is 161 Å². The van der Waals surface area contributed by atoms with E-state index < -0.39 is 12.1 Å². The lowest BCUT2D eigenvalue weighted by Gasteiger charge is -2.18. The quantitative estimate of drug-likeness (QED) is 0.0261. The molecule has 81 heavy (non-hydrogen) atoms. The smallest absolute Gasteiger partial charge is 0.306 e. The van der Waals surface area contributed by atoms with E-state index >= 15 is 0 Å². The summed E-state index contributed by atoms with van der Waals surface area (Å²) < 4.78 is 16.8. The summed E-state index contributed by atoms with van der Waals surface area (Å²) in [5.74, 6) is -1.06. The highest BCUT2D eigenvalue weighted by Gasteiger charge is 2.19. The number of esters is 3. The molecule has 0 aliphatic rings. The van der Waals surface area contributed by atoms with Crippen LogP contribution in [0.5, 0.6) is 0 Å². The molecule has 6 nitrogen and oxygen atoms in total. The first-order chi connectivity index (χ1) is 40.0. The number of rotatable bonds is 54. The Balaban J connectivity index is 4.49. The number of allylic oxidation sites excluding steroid dienone is 34. The maximum absolute atomic E-state index is 12.9. The van der Waals surface area contributed by atoms with Crippen LogP contribution in [0.3, 0.4) is 0 Å². The standard InChI is InChI=1S/C75H112O6/c1-4-7-10-13-16-19-22-25-28-30-31-32-33-34-35-36-37-38-39-40-41-42-43-45-47-50-53-56-59-62-65-68-74(77)80-71-72(70-79-73(76)67-64-61-58-55-52-49-46-27-24-21-18-15-12-9-6-3)81-75(78)69-66-63-60-57-54-51-48-44-29-26-23-20-17-14-11-8-5-2/h7-12,16-21,25-29,31-32,34-35,37-38,40-41,43,45-46,48,51-52,55,57,60,72H,4-6,13-15,22-24,30,33,36,39,42,44,47,49-50,53-54,56,58-59,61-71H2,1-3H3/b10-7-,11-8-,12-9-,19-16-,20-17-,21-18-,28-25-,29-26-,32-31-,35-34-,38-37-,41-40-,45-43-,46-27-,51-48-,55-52-,60-57-. The third kappa shape index (κ3) is 64.7.